The van der Waals surface area contributed by atoms with E-state index in [1.807, 2.05) is 36.4 Å². The number of rotatable bonds is 6. The second kappa shape index (κ2) is 9.04. The molecule has 1 aliphatic rings. The monoisotopic (exact) mass is 501 g/mol. The molecule has 0 aliphatic carbocycles. The summed E-state index contributed by atoms with van der Waals surface area (Å²) in [7, 11) is -2.39. The van der Waals surface area contributed by atoms with E-state index in [1.54, 1.807) is 50.4 Å². The number of carbonyl (C=O) groups excluding carboxylic acids is 1. The number of pyridine rings is 1. The van der Waals surface area contributed by atoms with Gasteiger partial charge in [0.2, 0.25) is 5.91 Å². The van der Waals surface area contributed by atoms with E-state index in [4.69, 9.17) is 5.73 Å². The maximum atomic E-state index is 12.5. The van der Waals surface area contributed by atoms with E-state index in [2.05, 4.69) is 20.3 Å². The molecular weight excluding hydrogens is 473 g/mol. The van der Waals surface area contributed by atoms with Crippen LogP contribution < -0.4 is 11.1 Å². The Balaban J connectivity index is 1.69. The van der Waals surface area contributed by atoms with Gasteiger partial charge in [0.1, 0.15) is 11.3 Å². The van der Waals surface area contributed by atoms with E-state index in [1.165, 1.54) is 0 Å². The fourth-order valence-electron chi connectivity index (χ4n) is 4.97. The number of aromatic amines is 1. The molecule has 0 saturated carbocycles. The lowest BCUT2D eigenvalue weighted by Crippen LogP contribution is -2.40. The van der Waals surface area contributed by atoms with Gasteiger partial charge in [0.15, 0.2) is 0 Å². The van der Waals surface area contributed by atoms with Gasteiger partial charge in [0.05, 0.1) is 25.4 Å². The predicted molar refractivity (Wildman–Crippen MR) is 140 cm³/mol. The van der Waals surface area contributed by atoms with Crippen molar-refractivity contribution < 1.29 is 14.5 Å². The summed E-state index contributed by atoms with van der Waals surface area (Å²) in [5.74, 6) is -0.194. The van der Waals surface area contributed by atoms with Gasteiger partial charge < -0.3 is 25.7 Å². The SMILES string of the molecule is CP(C)(=O)Cc1cc(O)cc(C(N)(c2ccc3c(c2)C(c2cccnc2)CC(=O)N3)c2cnc[nH]2)c1. The van der Waals surface area contributed by atoms with Crippen molar-refractivity contribution in [2.24, 2.45) is 5.73 Å². The molecule has 0 radical (unpaired) electrons. The number of fused-ring (bicyclic) bond motifs is 1. The number of phenols is 1. The Labute approximate surface area is 209 Å². The highest BCUT2D eigenvalue weighted by Crippen LogP contribution is 2.44. The number of H-pyrrole nitrogens is 1. The number of hydrogen-bond donors (Lipinski definition) is 4. The van der Waals surface area contributed by atoms with Gasteiger partial charge in [-0.25, -0.2) is 4.98 Å². The molecule has 5 rings (SSSR count). The van der Waals surface area contributed by atoms with Crippen LogP contribution in [-0.2, 0) is 21.1 Å². The Kier molecular flexibility index (Phi) is 6.02. The summed E-state index contributed by atoms with van der Waals surface area (Å²) in [6, 6.07) is 14.7. The fraction of sp³-hybridized carbons (Fsp3) is 0.222. The fourth-order valence-corrected chi connectivity index (χ4v) is 6.03. The van der Waals surface area contributed by atoms with Gasteiger partial charge in [0, 0.05) is 36.6 Å². The molecule has 5 N–H and O–H groups in total. The van der Waals surface area contributed by atoms with Crippen LogP contribution in [0.25, 0.3) is 0 Å². The number of anilines is 1. The molecule has 1 aliphatic heterocycles. The van der Waals surface area contributed by atoms with Crippen LogP contribution in [0.5, 0.6) is 5.75 Å². The molecule has 0 spiro atoms. The van der Waals surface area contributed by atoms with Crippen molar-refractivity contribution in [2.45, 2.75) is 24.0 Å². The number of aromatic hydroxyl groups is 1. The van der Waals surface area contributed by atoms with E-state index in [0.29, 0.717) is 23.8 Å². The van der Waals surface area contributed by atoms with Crippen molar-refractivity contribution >= 4 is 18.7 Å². The summed E-state index contributed by atoms with van der Waals surface area (Å²) in [5.41, 5.74) is 11.4. The Morgan fingerprint density at radius 2 is 1.94 bits per heavy atom. The normalized spacial score (nSPS) is 17.2. The maximum absolute atomic E-state index is 12.5. The molecule has 2 unspecified atom stereocenters. The van der Waals surface area contributed by atoms with E-state index in [0.717, 1.165) is 27.9 Å². The summed E-state index contributed by atoms with van der Waals surface area (Å²) in [5, 5.41) is 13.6. The minimum atomic E-state index is -2.39. The number of amides is 1. The van der Waals surface area contributed by atoms with Gasteiger partial charge in [-0.05, 0) is 65.4 Å². The Morgan fingerprint density at radius 1 is 1.11 bits per heavy atom. The van der Waals surface area contributed by atoms with Crippen molar-refractivity contribution in [1.82, 2.24) is 15.0 Å². The summed E-state index contributed by atoms with van der Waals surface area (Å²) in [6.07, 6.45) is 7.34. The molecule has 2 aromatic heterocycles. The third kappa shape index (κ3) is 4.57. The molecule has 0 bridgehead atoms. The quantitative estimate of drug-likeness (QED) is 0.290. The van der Waals surface area contributed by atoms with Crippen LogP contribution in [-0.4, -0.2) is 39.3 Å². The Hall–Kier alpha value is -3.74. The van der Waals surface area contributed by atoms with Gasteiger partial charge in [-0.15, -0.1) is 0 Å². The first-order chi connectivity index (χ1) is 17.1. The third-order valence-electron chi connectivity index (χ3n) is 6.55. The Morgan fingerprint density at radius 3 is 2.64 bits per heavy atom. The first-order valence-corrected chi connectivity index (χ1v) is 14.4. The second-order valence-electron chi connectivity index (χ2n) is 9.79. The highest BCUT2D eigenvalue weighted by atomic mass is 31.2. The minimum absolute atomic E-state index is 0.0451. The number of carbonyl (C=O) groups is 1. The number of nitrogens with zero attached hydrogens (tertiary/aromatic N) is 2. The molecule has 0 fully saturated rings. The number of nitrogens with one attached hydrogen (secondary N) is 2. The van der Waals surface area contributed by atoms with Crippen LogP contribution in [0.3, 0.4) is 0 Å². The number of benzene rings is 2. The highest BCUT2D eigenvalue weighted by Gasteiger charge is 2.36. The summed E-state index contributed by atoms with van der Waals surface area (Å²) in [6.45, 7) is 3.44. The molecule has 4 aromatic rings. The van der Waals surface area contributed by atoms with Crippen molar-refractivity contribution in [1.29, 1.82) is 0 Å². The first kappa shape index (κ1) is 24.0. The van der Waals surface area contributed by atoms with Crippen LogP contribution in [0.1, 0.15) is 45.8 Å². The highest BCUT2D eigenvalue weighted by molar-refractivity contribution is 7.61. The zero-order valence-corrected chi connectivity index (χ0v) is 21.0. The van der Waals surface area contributed by atoms with Gasteiger partial charge in [-0.3, -0.25) is 9.78 Å². The van der Waals surface area contributed by atoms with E-state index >= 15 is 0 Å². The van der Waals surface area contributed by atoms with Gasteiger partial charge in [-0.2, -0.15) is 0 Å². The number of phenolic OH excluding ortho intramolecular Hbond substituents is 1. The smallest absolute Gasteiger partial charge is 0.225 e. The van der Waals surface area contributed by atoms with E-state index < -0.39 is 12.7 Å². The van der Waals surface area contributed by atoms with Crippen LogP contribution >= 0.6 is 7.14 Å². The summed E-state index contributed by atoms with van der Waals surface area (Å²) in [4.78, 5) is 24.0. The molecule has 36 heavy (non-hydrogen) atoms. The molecule has 2 aromatic carbocycles. The average Bonchev–Trinajstić information content (AvgIpc) is 3.37. The van der Waals surface area contributed by atoms with Gasteiger partial charge in [-0.1, -0.05) is 24.3 Å². The average molecular weight is 502 g/mol. The number of aromatic nitrogens is 3. The van der Waals surface area contributed by atoms with Crippen LogP contribution in [0.2, 0.25) is 0 Å². The molecule has 2 atom stereocenters. The topological polar surface area (TPSA) is 134 Å². The van der Waals surface area contributed by atoms with Crippen LogP contribution in [0, 0.1) is 0 Å². The Bertz CT molecular complexity index is 1470. The molecule has 3 heterocycles. The zero-order chi connectivity index (χ0) is 25.5. The standard InChI is InChI=1S/C27H28N5O3P/c1-36(2,35)15-17-8-20(10-21(33)9-17)27(28,25-14-30-16-31-25)19-5-6-24-23(11-19)22(12-26(34)32-24)18-4-3-7-29-13-18/h3-11,13-14,16,22,33H,12,15,28H2,1-2H3,(H,30,31)(H,32,34). The summed E-state index contributed by atoms with van der Waals surface area (Å²) >= 11 is 0. The molecule has 1 amide bonds. The van der Waals surface area contributed by atoms with Gasteiger partial charge in [0.25, 0.3) is 0 Å². The van der Waals surface area contributed by atoms with Crippen molar-refractivity contribution in [3.05, 3.63) is 107 Å². The lowest BCUT2D eigenvalue weighted by atomic mass is 9.77. The lowest BCUT2D eigenvalue weighted by Gasteiger charge is -2.33. The van der Waals surface area contributed by atoms with Crippen molar-refractivity contribution in [2.75, 3.05) is 18.6 Å². The number of hydrogen-bond acceptors (Lipinski definition) is 6. The molecular formula is C27H28N5O3P. The van der Waals surface area contributed by atoms with Crippen LogP contribution in [0.4, 0.5) is 5.69 Å². The number of nitrogens with two attached hydrogens (primary N) is 1. The molecule has 8 nitrogen and oxygen atoms in total. The lowest BCUT2D eigenvalue weighted by molar-refractivity contribution is -0.116. The molecule has 0 saturated heterocycles. The zero-order valence-electron chi connectivity index (χ0n) is 20.1. The van der Waals surface area contributed by atoms with Crippen LogP contribution in [0.15, 0.2) is 73.4 Å². The molecule has 9 heteroatoms. The van der Waals surface area contributed by atoms with Crippen molar-refractivity contribution in [3.63, 3.8) is 0 Å². The maximum Gasteiger partial charge on any atom is 0.225 e. The van der Waals surface area contributed by atoms with Crippen molar-refractivity contribution in [3.8, 4) is 5.75 Å². The van der Waals surface area contributed by atoms with E-state index in [-0.39, 0.29) is 17.6 Å². The molecule has 184 valence electrons. The van der Waals surface area contributed by atoms with E-state index in [9.17, 15) is 14.5 Å². The predicted octanol–water partition coefficient (Wildman–Crippen LogP) is 4.36. The second-order valence-corrected chi connectivity index (χ2v) is 13.3. The number of imidazole rings is 1. The minimum Gasteiger partial charge on any atom is -0.508 e. The summed E-state index contributed by atoms with van der Waals surface area (Å²) < 4.78 is 12.5. The third-order valence-corrected chi connectivity index (χ3v) is 7.68. The van der Waals surface area contributed by atoms with Gasteiger partial charge >= 0.3 is 0 Å². The first-order valence-electron chi connectivity index (χ1n) is 11.6. The largest absolute Gasteiger partial charge is 0.508 e.